The summed E-state index contributed by atoms with van der Waals surface area (Å²) in [7, 11) is 0. The molecule has 0 spiro atoms. The number of hydrogen-bond acceptors (Lipinski definition) is 6. The lowest BCUT2D eigenvalue weighted by Crippen LogP contribution is -2.44. The third kappa shape index (κ3) is 3.51. The quantitative estimate of drug-likeness (QED) is 0.844. The summed E-state index contributed by atoms with van der Waals surface area (Å²) in [4.78, 5) is 26.0. The lowest BCUT2D eigenvalue weighted by molar-refractivity contribution is -0.140. The Bertz CT molecular complexity index is 713. The number of hydrogen-bond donors (Lipinski definition) is 0. The largest absolute Gasteiger partial charge is 0.469 e. The summed E-state index contributed by atoms with van der Waals surface area (Å²) < 4.78 is 10.9. The Kier molecular flexibility index (Phi) is 4.65. The van der Waals surface area contributed by atoms with Crippen LogP contribution in [-0.4, -0.2) is 53.6 Å². The van der Waals surface area contributed by atoms with Crippen molar-refractivity contribution in [3.05, 3.63) is 42.2 Å². The minimum absolute atomic E-state index is 0.0124. The van der Waals surface area contributed by atoms with Crippen LogP contribution in [0.25, 0.3) is 0 Å². The number of rotatable bonds is 4. The summed E-state index contributed by atoms with van der Waals surface area (Å²) in [6.45, 7) is 3.55. The zero-order valence-electron chi connectivity index (χ0n) is 14.1. The highest BCUT2D eigenvalue weighted by Gasteiger charge is 2.31. The molecule has 2 aliphatic rings. The average molecular weight is 342 g/mol. The van der Waals surface area contributed by atoms with E-state index in [1.165, 1.54) is 12.8 Å². The van der Waals surface area contributed by atoms with E-state index in [1.54, 1.807) is 18.5 Å². The summed E-state index contributed by atoms with van der Waals surface area (Å²) in [6.07, 6.45) is 6.00. The number of amides is 1. The van der Waals surface area contributed by atoms with Crippen LogP contribution in [0.3, 0.4) is 0 Å². The number of nitrogens with zero attached hydrogens (tertiary/aromatic N) is 4. The van der Waals surface area contributed by atoms with Crippen molar-refractivity contribution < 1.29 is 13.9 Å². The van der Waals surface area contributed by atoms with Crippen molar-refractivity contribution in [2.24, 2.45) is 0 Å². The Morgan fingerprint density at radius 3 is 2.92 bits per heavy atom. The highest BCUT2D eigenvalue weighted by molar-refractivity contribution is 5.78. The van der Waals surface area contributed by atoms with Crippen molar-refractivity contribution in [3.8, 4) is 0 Å². The number of anilines is 1. The fraction of sp³-hybridized carbons (Fsp3) is 0.500. The highest BCUT2D eigenvalue weighted by Crippen LogP contribution is 2.25. The molecule has 25 heavy (non-hydrogen) atoms. The standard InChI is InChI=1S/C18H22N4O3/c23-17(12-14-4-3-10-25-14)22-9-11-24-13-15(22)18-19-6-5-16(20-18)21-7-1-2-8-21/h3-6,10,15H,1-2,7-9,11-13H2/t15-/m0/s1. The molecule has 2 aliphatic heterocycles. The predicted molar refractivity (Wildman–Crippen MR) is 91.2 cm³/mol. The molecular weight excluding hydrogens is 320 g/mol. The van der Waals surface area contributed by atoms with Crippen molar-refractivity contribution in [2.45, 2.75) is 25.3 Å². The Labute approximate surface area is 146 Å². The molecule has 7 nitrogen and oxygen atoms in total. The van der Waals surface area contributed by atoms with Crippen molar-refractivity contribution >= 4 is 11.7 Å². The summed E-state index contributed by atoms with van der Waals surface area (Å²) in [5, 5.41) is 0. The van der Waals surface area contributed by atoms with Gasteiger partial charge in [0.05, 0.1) is 25.9 Å². The summed E-state index contributed by atoms with van der Waals surface area (Å²) in [6, 6.07) is 5.30. The number of morpholine rings is 1. The van der Waals surface area contributed by atoms with Gasteiger partial charge in [0, 0.05) is 25.8 Å². The molecule has 0 aromatic carbocycles. The van der Waals surface area contributed by atoms with Gasteiger partial charge in [-0.2, -0.15) is 0 Å². The molecule has 132 valence electrons. The van der Waals surface area contributed by atoms with Crippen molar-refractivity contribution in [1.29, 1.82) is 0 Å². The monoisotopic (exact) mass is 342 g/mol. The smallest absolute Gasteiger partial charge is 0.230 e. The van der Waals surface area contributed by atoms with Gasteiger partial charge in [-0.15, -0.1) is 0 Å². The second-order valence-corrected chi connectivity index (χ2v) is 6.40. The van der Waals surface area contributed by atoms with Crippen LogP contribution in [0, 0.1) is 0 Å². The molecule has 2 aromatic rings. The molecule has 1 amide bonds. The summed E-state index contributed by atoms with van der Waals surface area (Å²) >= 11 is 0. The zero-order chi connectivity index (χ0) is 17.1. The molecule has 2 aromatic heterocycles. The van der Waals surface area contributed by atoms with Crippen LogP contribution in [-0.2, 0) is 16.0 Å². The molecule has 0 saturated carbocycles. The van der Waals surface area contributed by atoms with Crippen molar-refractivity contribution in [2.75, 3.05) is 37.7 Å². The van der Waals surface area contributed by atoms with E-state index in [0.29, 0.717) is 31.3 Å². The summed E-state index contributed by atoms with van der Waals surface area (Å²) in [5.41, 5.74) is 0. The van der Waals surface area contributed by atoms with E-state index in [4.69, 9.17) is 14.1 Å². The fourth-order valence-corrected chi connectivity index (χ4v) is 3.43. The van der Waals surface area contributed by atoms with Crippen LogP contribution in [0.4, 0.5) is 5.82 Å². The predicted octanol–water partition coefficient (Wildman–Crippen LogP) is 1.81. The lowest BCUT2D eigenvalue weighted by atomic mass is 10.1. The van der Waals surface area contributed by atoms with Crippen molar-refractivity contribution in [3.63, 3.8) is 0 Å². The van der Waals surface area contributed by atoms with Gasteiger partial charge in [-0.05, 0) is 31.0 Å². The maximum Gasteiger partial charge on any atom is 0.230 e. The highest BCUT2D eigenvalue weighted by atomic mass is 16.5. The number of aromatic nitrogens is 2. The third-order valence-corrected chi connectivity index (χ3v) is 4.74. The number of carbonyl (C=O) groups excluding carboxylic acids is 1. The first kappa shape index (κ1) is 16.1. The second-order valence-electron chi connectivity index (χ2n) is 6.40. The van der Waals surface area contributed by atoms with Crippen LogP contribution in [0.1, 0.15) is 30.5 Å². The molecule has 4 heterocycles. The van der Waals surface area contributed by atoms with Crippen LogP contribution < -0.4 is 4.90 Å². The third-order valence-electron chi connectivity index (χ3n) is 4.74. The number of carbonyl (C=O) groups is 1. The van der Waals surface area contributed by atoms with Gasteiger partial charge < -0.3 is 19.0 Å². The lowest BCUT2D eigenvalue weighted by Gasteiger charge is -2.34. The van der Waals surface area contributed by atoms with E-state index in [-0.39, 0.29) is 18.4 Å². The molecule has 2 saturated heterocycles. The Hall–Kier alpha value is -2.41. The van der Waals surface area contributed by atoms with Crippen LogP contribution >= 0.6 is 0 Å². The van der Waals surface area contributed by atoms with Gasteiger partial charge in [0.2, 0.25) is 5.91 Å². The van der Waals surface area contributed by atoms with E-state index >= 15 is 0 Å². The number of ether oxygens (including phenoxy) is 1. The molecule has 0 unspecified atom stereocenters. The summed E-state index contributed by atoms with van der Waals surface area (Å²) in [5.74, 6) is 2.27. The van der Waals surface area contributed by atoms with Crippen LogP contribution in [0.15, 0.2) is 35.1 Å². The molecule has 4 rings (SSSR count). The first-order valence-electron chi connectivity index (χ1n) is 8.79. The number of furan rings is 1. The average Bonchev–Trinajstić information content (AvgIpc) is 3.36. The Morgan fingerprint density at radius 2 is 2.12 bits per heavy atom. The molecular formula is C18H22N4O3. The minimum Gasteiger partial charge on any atom is -0.469 e. The second kappa shape index (κ2) is 7.23. The van der Waals surface area contributed by atoms with Gasteiger partial charge in [0.25, 0.3) is 0 Å². The minimum atomic E-state index is -0.251. The van der Waals surface area contributed by atoms with E-state index in [9.17, 15) is 4.79 Å². The van der Waals surface area contributed by atoms with Crippen LogP contribution in [0.5, 0.6) is 0 Å². The Balaban J connectivity index is 1.54. The molecule has 0 radical (unpaired) electrons. The molecule has 0 aliphatic carbocycles. The molecule has 0 N–H and O–H groups in total. The zero-order valence-corrected chi connectivity index (χ0v) is 14.1. The van der Waals surface area contributed by atoms with Gasteiger partial charge in [-0.1, -0.05) is 0 Å². The first-order valence-corrected chi connectivity index (χ1v) is 8.79. The first-order chi connectivity index (χ1) is 12.3. The van der Waals surface area contributed by atoms with Gasteiger partial charge in [0.15, 0.2) is 5.82 Å². The molecule has 1 atom stereocenters. The maximum absolute atomic E-state index is 12.7. The molecule has 7 heteroatoms. The van der Waals surface area contributed by atoms with Gasteiger partial charge in [0.1, 0.15) is 17.6 Å². The van der Waals surface area contributed by atoms with Crippen molar-refractivity contribution in [1.82, 2.24) is 14.9 Å². The molecule has 2 fully saturated rings. The van der Waals surface area contributed by atoms with Gasteiger partial charge in [-0.25, -0.2) is 9.97 Å². The molecule has 0 bridgehead atoms. The SMILES string of the molecule is O=C(Cc1ccco1)N1CCOC[C@H]1c1nccc(N2CCCC2)n1. The normalized spacial score (nSPS) is 20.9. The van der Waals surface area contributed by atoms with E-state index in [2.05, 4.69) is 9.88 Å². The van der Waals surface area contributed by atoms with E-state index in [0.717, 1.165) is 18.9 Å². The van der Waals surface area contributed by atoms with E-state index in [1.807, 2.05) is 17.0 Å². The van der Waals surface area contributed by atoms with Gasteiger partial charge >= 0.3 is 0 Å². The Morgan fingerprint density at radius 1 is 1.24 bits per heavy atom. The topological polar surface area (TPSA) is 71.7 Å². The fourth-order valence-electron chi connectivity index (χ4n) is 3.43. The maximum atomic E-state index is 12.7. The van der Waals surface area contributed by atoms with Gasteiger partial charge in [-0.3, -0.25) is 4.79 Å². The van der Waals surface area contributed by atoms with E-state index < -0.39 is 0 Å². The van der Waals surface area contributed by atoms with Crippen LogP contribution in [0.2, 0.25) is 0 Å².